The van der Waals surface area contributed by atoms with Crippen LogP contribution in [0.25, 0.3) is 22.2 Å². The molecule has 0 amide bonds. The molecule has 1 aromatic carbocycles. The van der Waals surface area contributed by atoms with E-state index in [1.165, 1.54) is 16.7 Å². The van der Waals surface area contributed by atoms with Gasteiger partial charge in [-0.1, -0.05) is 20.8 Å². The van der Waals surface area contributed by atoms with E-state index >= 15 is 0 Å². The number of rotatable bonds is 3. The van der Waals surface area contributed by atoms with Gasteiger partial charge in [-0.3, -0.25) is 14.5 Å². The van der Waals surface area contributed by atoms with Crippen LogP contribution in [0.5, 0.6) is 0 Å². The van der Waals surface area contributed by atoms with Gasteiger partial charge in [0.15, 0.2) is 11.0 Å². The lowest BCUT2D eigenvalue weighted by Crippen LogP contribution is -2.47. The Morgan fingerprint density at radius 2 is 1.90 bits per heavy atom. The minimum absolute atomic E-state index is 0.0254. The Hall–Kier alpha value is -3.30. The maximum atomic E-state index is 14.5. The molecular formula is C30H32FN3O5. The van der Waals surface area contributed by atoms with Crippen molar-refractivity contribution < 1.29 is 19.0 Å². The van der Waals surface area contributed by atoms with Gasteiger partial charge in [0.05, 0.1) is 34.6 Å². The van der Waals surface area contributed by atoms with E-state index in [0.29, 0.717) is 33.9 Å². The summed E-state index contributed by atoms with van der Waals surface area (Å²) < 4.78 is 23.3. The third kappa shape index (κ3) is 3.38. The van der Waals surface area contributed by atoms with E-state index in [4.69, 9.17) is 4.74 Å². The second kappa shape index (κ2) is 8.11. The number of halogens is 1. The third-order valence-corrected chi connectivity index (χ3v) is 9.53. The number of pyridine rings is 2. The molecule has 0 radical (unpaired) electrons. The summed E-state index contributed by atoms with van der Waals surface area (Å²) in [5.41, 5.74) is 0.153. The van der Waals surface area contributed by atoms with Crippen LogP contribution in [0.4, 0.5) is 4.39 Å². The molecule has 0 unspecified atom stereocenters. The highest BCUT2D eigenvalue weighted by atomic mass is 19.1. The van der Waals surface area contributed by atoms with Crippen LogP contribution >= 0.6 is 0 Å². The van der Waals surface area contributed by atoms with Gasteiger partial charge in [0.1, 0.15) is 12.4 Å². The van der Waals surface area contributed by atoms with Crippen molar-refractivity contribution in [2.45, 2.75) is 77.3 Å². The lowest BCUT2D eigenvalue weighted by molar-refractivity contribution is -0.172. The van der Waals surface area contributed by atoms with Crippen molar-refractivity contribution in [1.82, 2.24) is 14.0 Å². The van der Waals surface area contributed by atoms with Gasteiger partial charge in [-0.25, -0.2) is 9.18 Å². The molecule has 204 valence electrons. The summed E-state index contributed by atoms with van der Waals surface area (Å²) in [5, 5.41) is 11.5. The monoisotopic (exact) mass is 533 g/mol. The number of benzene rings is 1. The molecule has 2 fully saturated rings. The number of nitrogens with zero attached hydrogens (tertiary/aromatic N) is 3. The molecule has 0 spiro atoms. The SMILES string of the molecule is CC[C@@]1(O)C(=O)OCc2c1cc1n(c2=O)Cc2c-1c(=O)c1cc(F)ccc1n2[C@@H]1CCN(C2CC(C)(C)C2)C1. The highest BCUT2D eigenvalue weighted by Gasteiger charge is 2.46. The Labute approximate surface area is 224 Å². The number of aromatic nitrogens is 2. The fourth-order valence-electron chi connectivity index (χ4n) is 7.47. The van der Waals surface area contributed by atoms with E-state index in [-0.39, 0.29) is 53.1 Å². The Bertz CT molecular complexity index is 1700. The molecule has 5 heterocycles. The van der Waals surface area contributed by atoms with Crippen LogP contribution < -0.4 is 11.0 Å². The van der Waals surface area contributed by atoms with Gasteiger partial charge in [-0.05, 0) is 55.4 Å². The third-order valence-electron chi connectivity index (χ3n) is 9.53. The summed E-state index contributed by atoms with van der Waals surface area (Å²) in [6.07, 6.45) is 3.22. The van der Waals surface area contributed by atoms with E-state index < -0.39 is 17.4 Å². The Morgan fingerprint density at radius 3 is 2.62 bits per heavy atom. The summed E-state index contributed by atoms with van der Waals surface area (Å²) in [7, 11) is 0. The van der Waals surface area contributed by atoms with E-state index in [0.717, 1.165) is 32.4 Å². The molecule has 1 N–H and O–H groups in total. The van der Waals surface area contributed by atoms with Crippen LogP contribution in [0.3, 0.4) is 0 Å². The number of cyclic esters (lactones) is 1. The number of fused-ring (bicyclic) bond motifs is 5. The van der Waals surface area contributed by atoms with E-state index in [1.54, 1.807) is 19.1 Å². The first-order valence-electron chi connectivity index (χ1n) is 13.8. The summed E-state index contributed by atoms with van der Waals surface area (Å²) in [4.78, 5) is 42.7. The van der Waals surface area contributed by atoms with Gasteiger partial charge in [-0.2, -0.15) is 0 Å². The molecule has 2 atom stereocenters. The number of likely N-dealkylation sites (tertiary alicyclic amines) is 1. The Morgan fingerprint density at radius 1 is 1.13 bits per heavy atom. The summed E-state index contributed by atoms with van der Waals surface area (Å²) in [6.45, 7) is 7.96. The second-order valence-electron chi connectivity index (χ2n) is 12.4. The topological polar surface area (TPSA) is 93.8 Å². The zero-order chi connectivity index (χ0) is 27.4. The van der Waals surface area contributed by atoms with Crippen molar-refractivity contribution in [3.63, 3.8) is 0 Å². The van der Waals surface area contributed by atoms with Crippen molar-refractivity contribution in [3.8, 4) is 11.3 Å². The van der Waals surface area contributed by atoms with Gasteiger partial charge in [0.25, 0.3) is 5.56 Å². The maximum Gasteiger partial charge on any atom is 0.343 e. The van der Waals surface area contributed by atoms with Crippen LogP contribution in [0.1, 0.15) is 69.3 Å². The van der Waals surface area contributed by atoms with Crippen molar-refractivity contribution in [1.29, 1.82) is 0 Å². The summed E-state index contributed by atoms with van der Waals surface area (Å²) in [5.74, 6) is -1.30. The zero-order valence-corrected chi connectivity index (χ0v) is 22.4. The van der Waals surface area contributed by atoms with Crippen LogP contribution in [0.2, 0.25) is 0 Å². The second-order valence-corrected chi connectivity index (χ2v) is 12.4. The Balaban J connectivity index is 1.42. The molecule has 8 nitrogen and oxygen atoms in total. The van der Waals surface area contributed by atoms with E-state index in [9.17, 15) is 23.9 Å². The molecule has 3 aromatic rings. The minimum atomic E-state index is -1.96. The average molecular weight is 534 g/mol. The fourth-order valence-corrected chi connectivity index (χ4v) is 7.47. The number of aliphatic hydroxyl groups is 1. The van der Waals surface area contributed by atoms with Crippen molar-refractivity contribution in [3.05, 3.63) is 67.5 Å². The summed E-state index contributed by atoms with van der Waals surface area (Å²) in [6, 6.07) is 6.52. The number of hydrogen-bond donors (Lipinski definition) is 1. The van der Waals surface area contributed by atoms with E-state index in [2.05, 4.69) is 23.3 Å². The van der Waals surface area contributed by atoms with Crippen molar-refractivity contribution in [2.24, 2.45) is 5.41 Å². The predicted molar refractivity (Wildman–Crippen MR) is 143 cm³/mol. The number of carbonyl (C=O) groups is 1. The first-order chi connectivity index (χ1) is 18.5. The quantitative estimate of drug-likeness (QED) is 0.406. The fraction of sp³-hybridized carbons (Fsp3) is 0.500. The van der Waals surface area contributed by atoms with Gasteiger partial charge in [-0.15, -0.1) is 0 Å². The lowest BCUT2D eigenvalue weighted by Gasteiger charge is -2.47. The number of hydrogen-bond acceptors (Lipinski definition) is 6. The van der Waals surface area contributed by atoms with Gasteiger partial charge >= 0.3 is 5.97 Å². The van der Waals surface area contributed by atoms with Crippen molar-refractivity contribution >= 4 is 16.9 Å². The van der Waals surface area contributed by atoms with Crippen LogP contribution in [0, 0.1) is 11.2 Å². The lowest BCUT2D eigenvalue weighted by atomic mass is 9.68. The highest BCUT2D eigenvalue weighted by Crippen LogP contribution is 2.45. The molecule has 1 saturated carbocycles. The van der Waals surface area contributed by atoms with Crippen molar-refractivity contribution in [2.75, 3.05) is 13.1 Å². The molecule has 9 heteroatoms. The molecule has 1 aliphatic carbocycles. The minimum Gasteiger partial charge on any atom is -0.458 e. The molecule has 2 aromatic heterocycles. The molecule has 0 bridgehead atoms. The number of carbonyl (C=O) groups excluding carboxylic acids is 1. The largest absolute Gasteiger partial charge is 0.458 e. The Kier molecular flexibility index (Phi) is 5.14. The summed E-state index contributed by atoms with van der Waals surface area (Å²) >= 11 is 0. The van der Waals surface area contributed by atoms with Gasteiger partial charge in [0.2, 0.25) is 0 Å². The van der Waals surface area contributed by atoms with Gasteiger partial charge in [0, 0.05) is 36.1 Å². The smallest absolute Gasteiger partial charge is 0.343 e. The van der Waals surface area contributed by atoms with E-state index in [1.807, 2.05) is 0 Å². The molecule has 4 aliphatic rings. The number of ether oxygens (including phenoxy) is 1. The molecular weight excluding hydrogens is 501 g/mol. The standard InChI is InChI=1S/C30H32FN3O5/c1-4-30(38)21-10-23-25-24(14-33(23)27(36)20(21)15-39-28(30)37)34(22-6-5-16(31)9-19(22)26(25)35)17-7-8-32(13-17)18-11-29(2,3)12-18/h5-6,9-10,17-18,38H,4,7-8,11-15H2,1-3H3/t17-,30+/m1/s1. The maximum absolute atomic E-state index is 14.5. The number of esters is 1. The molecule has 3 aliphatic heterocycles. The van der Waals surface area contributed by atoms with Crippen LogP contribution in [0.15, 0.2) is 33.9 Å². The first-order valence-corrected chi connectivity index (χ1v) is 13.8. The average Bonchev–Trinajstić information content (AvgIpc) is 3.51. The first kappa shape index (κ1) is 24.7. The zero-order valence-electron chi connectivity index (χ0n) is 22.4. The molecule has 1 saturated heterocycles. The highest BCUT2D eigenvalue weighted by molar-refractivity contribution is 5.88. The molecule has 7 rings (SSSR count). The normalized spacial score (nSPS) is 25.8. The predicted octanol–water partition coefficient (Wildman–Crippen LogP) is 3.42. The van der Waals surface area contributed by atoms with Crippen LogP contribution in [-0.4, -0.2) is 44.2 Å². The molecule has 39 heavy (non-hydrogen) atoms. The van der Waals surface area contributed by atoms with Gasteiger partial charge < -0.3 is 19.0 Å². The van der Waals surface area contributed by atoms with Crippen LogP contribution in [-0.2, 0) is 28.3 Å².